The Bertz CT molecular complexity index is 536. The molecule has 0 heterocycles. The molecule has 0 saturated heterocycles. The molecule has 0 aliphatic heterocycles. The van der Waals surface area contributed by atoms with Crippen LogP contribution in [0.3, 0.4) is 0 Å². The molecule has 2 rings (SSSR count). The van der Waals surface area contributed by atoms with Gasteiger partial charge in [-0.25, -0.2) is 0 Å². The summed E-state index contributed by atoms with van der Waals surface area (Å²) in [6.45, 7) is 5.66. The number of nitrogens with zero attached hydrogens (tertiary/aromatic N) is 1. The van der Waals surface area contributed by atoms with Crippen molar-refractivity contribution >= 4 is 0 Å². The van der Waals surface area contributed by atoms with Crippen molar-refractivity contribution in [3.8, 4) is 0 Å². The molecule has 22 heavy (non-hydrogen) atoms. The highest BCUT2D eigenvalue weighted by Gasteiger charge is 2.13. The van der Waals surface area contributed by atoms with E-state index < -0.39 is 0 Å². The van der Waals surface area contributed by atoms with Crippen LogP contribution in [0.5, 0.6) is 0 Å². The van der Waals surface area contributed by atoms with Gasteiger partial charge in [0.05, 0.1) is 6.61 Å². The van der Waals surface area contributed by atoms with Gasteiger partial charge in [-0.3, -0.25) is 4.90 Å². The van der Waals surface area contributed by atoms with Gasteiger partial charge in [-0.2, -0.15) is 0 Å². The van der Waals surface area contributed by atoms with Crippen molar-refractivity contribution in [2.45, 2.75) is 19.1 Å². The summed E-state index contributed by atoms with van der Waals surface area (Å²) in [7, 11) is 0. The average Bonchev–Trinajstić information content (AvgIpc) is 2.57. The summed E-state index contributed by atoms with van der Waals surface area (Å²) in [5.74, 6) is 0. The molecule has 2 aromatic rings. The summed E-state index contributed by atoms with van der Waals surface area (Å²) in [6.07, 6.45) is 5.69. The summed E-state index contributed by atoms with van der Waals surface area (Å²) < 4.78 is 0. The van der Waals surface area contributed by atoms with Crippen molar-refractivity contribution < 1.29 is 5.11 Å². The molecular formula is C20H23NO. The summed E-state index contributed by atoms with van der Waals surface area (Å²) >= 11 is 0. The highest BCUT2D eigenvalue weighted by molar-refractivity contribution is 5.19. The first-order valence-electron chi connectivity index (χ1n) is 7.55. The van der Waals surface area contributed by atoms with E-state index in [1.165, 1.54) is 11.1 Å². The minimum Gasteiger partial charge on any atom is -0.392 e. The van der Waals surface area contributed by atoms with Gasteiger partial charge in [0.2, 0.25) is 0 Å². The monoisotopic (exact) mass is 293 g/mol. The molecule has 114 valence electrons. The Morgan fingerprint density at radius 1 is 0.909 bits per heavy atom. The van der Waals surface area contributed by atoms with Crippen molar-refractivity contribution in [3.63, 3.8) is 0 Å². The van der Waals surface area contributed by atoms with Gasteiger partial charge in [0, 0.05) is 19.1 Å². The normalized spacial score (nSPS) is 12.6. The van der Waals surface area contributed by atoms with E-state index in [9.17, 15) is 0 Å². The maximum absolute atomic E-state index is 9.03. The predicted octanol–water partition coefficient (Wildman–Crippen LogP) is 3.79. The fraction of sp³-hybridized carbons (Fsp3) is 0.200. The second-order valence-electron chi connectivity index (χ2n) is 5.21. The van der Waals surface area contributed by atoms with Gasteiger partial charge in [0.15, 0.2) is 0 Å². The Kier molecular flexibility index (Phi) is 6.62. The van der Waals surface area contributed by atoms with Crippen molar-refractivity contribution in [2.24, 2.45) is 0 Å². The molecule has 0 aliphatic carbocycles. The highest BCUT2D eigenvalue weighted by atomic mass is 16.2. The van der Waals surface area contributed by atoms with Crippen molar-refractivity contribution in [1.82, 2.24) is 4.90 Å². The SMILES string of the molecule is C=CC(C=CCO)N(Cc1ccccc1)Cc1ccccc1. The molecule has 1 atom stereocenters. The number of aliphatic hydroxyl groups is 1. The molecule has 2 nitrogen and oxygen atoms in total. The lowest BCUT2D eigenvalue weighted by molar-refractivity contribution is 0.240. The summed E-state index contributed by atoms with van der Waals surface area (Å²) in [5.41, 5.74) is 2.53. The molecule has 0 bridgehead atoms. The topological polar surface area (TPSA) is 23.5 Å². The summed E-state index contributed by atoms with van der Waals surface area (Å²) in [6, 6.07) is 20.9. The molecule has 0 spiro atoms. The Labute approximate surface area is 133 Å². The van der Waals surface area contributed by atoms with E-state index in [0.29, 0.717) is 0 Å². The number of aliphatic hydroxyl groups excluding tert-OH is 1. The van der Waals surface area contributed by atoms with Gasteiger partial charge >= 0.3 is 0 Å². The van der Waals surface area contributed by atoms with E-state index in [1.807, 2.05) is 24.3 Å². The van der Waals surface area contributed by atoms with E-state index in [0.717, 1.165) is 13.1 Å². The third kappa shape index (κ3) is 4.99. The number of hydrogen-bond donors (Lipinski definition) is 1. The lowest BCUT2D eigenvalue weighted by Gasteiger charge is -2.28. The lowest BCUT2D eigenvalue weighted by Crippen LogP contribution is -2.31. The van der Waals surface area contributed by atoms with Crippen molar-refractivity contribution in [3.05, 3.63) is 96.6 Å². The third-order valence-corrected chi connectivity index (χ3v) is 3.56. The minimum atomic E-state index is 0.0505. The largest absolute Gasteiger partial charge is 0.392 e. The van der Waals surface area contributed by atoms with Gasteiger partial charge in [-0.15, -0.1) is 6.58 Å². The zero-order chi connectivity index (χ0) is 15.6. The number of hydrogen-bond acceptors (Lipinski definition) is 2. The molecule has 0 aromatic heterocycles. The Hall–Kier alpha value is -2.16. The van der Waals surface area contributed by atoms with Crippen LogP contribution in [0.15, 0.2) is 85.5 Å². The molecule has 0 radical (unpaired) electrons. The molecular weight excluding hydrogens is 270 g/mol. The number of benzene rings is 2. The van der Waals surface area contributed by atoms with Crippen LogP contribution in [0.1, 0.15) is 11.1 Å². The summed E-state index contributed by atoms with van der Waals surface area (Å²) in [5, 5.41) is 9.03. The molecule has 1 unspecified atom stereocenters. The maximum atomic E-state index is 9.03. The van der Waals surface area contributed by atoms with Gasteiger partial charge < -0.3 is 5.11 Å². The Morgan fingerprint density at radius 2 is 1.41 bits per heavy atom. The highest BCUT2D eigenvalue weighted by Crippen LogP contribution is 2.15. The Morgan fingerprint density at radius 3 is 1.82 bits per heavy atom. The first kappa shape index (κ1) is 16.2. The molecule has 2 heteroatoms. The van der Waals surface area contributed by atoms with Gasteiger partial charge in [-0.1, -0.05) is 78.9 Å². The van der Waals surface area contributed by atoms with Crippen LogP contribution < -0.4 is 0 Å². The predicted molar refractivity (Wildman–Crippen MR) is 92.3 cm³/mol. The van der Waals surface area contributed by atoms with E-state index in [4.69, 9.17) is 5.11 Å². The van der Waals surface area contributed by atoms with Crippen LogP contribution in [0.2, 0.25) is 0 Å². The zero-order valence-corrected chi connectivity index (χ0v) is 12.8. The van der Waals surface area contributed by atoms with E-state index in [-0.39, 0.29) is 12.6 Å². The van der Waals surface area contributed by atoms with Crippen LogP contribution in [-0.4, -0.2) is 22.7 Å². The standard InChI is InChI=1S/C20H23NO/c1-2-20(14-9-15-22)21(16-18-10-5-3-6-11-18)17-19-12-7-4-8-13-19/h2-14,20,22H,1,15-17H2. The maximum Gasteiger partial charge on any atom is 0.0613 e. The average molecular weight is 293 g/mol. The van der Waals surface area contributed by atoms with E-state index >= 15 is 0 Å². The van der Waals surface area contributed by atoms with Crippen LogP contribution in [-0.2, 0) is 13.1 Å². The van der Waals surface area contributed by atoms with E-state index in [1.54, 1.807) is 6.08 Å². The first-order valence-corrected chi connectivity index (χ1v) is 7.55. The minimum absolute atomic E-state index is 0.0505. The van der Waals surface area contributed by atoms with Gasteiger partial charge in [0.1, 0.15) is 0 Å². The smallest absolute Gasteiger partial charge is 0.0613 e. The van der Waals surface area contributed by atoms with Crippen LogP contribution in [0.4, 0.5) is 0 Å². The second-order valence-corrected chi connectivity index (χ2v) is 5.21. The molecule has 0 fully saturated rings. The molecule has 0 saturated carbocycles. The summed E-state index contributed by atoms with van der Waals surface area (Å²) in [4.78, 5) is 2.34. The molecule has 0 amide bonds. The van der Waals surface area contributed by atoms with E-state index in [2.05, 4.69) is 60.0 Å². The van der Waals surface area contributed by atoms with Gasteiger partial charge in [0.25, 0.3) is 0 Å². The number of rotatable bonds is 8. The zero-order valence-electron chi connectivity index (χ0n) is 12.8. The van der Waals surface area contributed by atoms with Crippen LogP contribution in [0, 0.1) is 0 Å². The quantitative estimate of drug-likeness (QED) is 0.749. The molecule has 1 N–H and O–H groups in total. The fourth-order valence-corrected chi connectivity index (χ4v) is 2.45. The second kappa shape index (κ2) is 8.98. The Balaban J connectivity index is 2.19. The van der Waals surface area contributed by atoms with Crippen molar-refractivity contribution in [1.29, 1.82) is 0 Å². The lowest BCUT2D eigenvalue weighted by atomic mass is 10.1. The molecule has 2 aromatic carbocycles. The van der Waals surface area contributed by atoms with Crippen molar-refractivity contribution in [2.75, 3.05) is 6.61 Å². The van der Waals surface area contributed by atoms with Crippen LogP contribution in [0.25, 0.3) is 0 Å². The first-order chi connectivity index (χ1) is 10.8. The fourth-order valence-electron chi connectivity index (χ4n) is 2.45. The molecule has 0 aliphatic rings. The van der Waals surface area contributed by atoms with Crippen LogP contribution >= 0.6 is 0 Å². The van der Waals surface area contributed by atoms with Gasteiger partial charge in [-0.05, 0) is 11.1 Å². The third-order valence-electron chi connectivity index (χ3n) is 3.56.